The maximum Gasteiger partial charge on any atom is 0.191 e. The Bertz CT molecular complexity index is 345. The molecule has 4 rings (SSSR count). The topological polar surface area (TPSA) is 48.1 Å². The van der Waals surface area contributed by atoms with Crippen LogP contribution in [-0.2, 0) is 0 Å². The molecular weight excluding hydrogens is 226 g/mol. The molecule has 18 heavy (non-hydrogen) atoms. The van der Waals surface area contributed by atoms with Crippen LogP contribution in [0.2, 0.25) is 0 Å². The lowest BCUT2D eigenvalue weighted by molar-refractivity contribution is -0.0299. The molecule has 0 saturated carbocycles. The van der Waals surface area contributed by atoms with Gasteiger partial charge in [0.15, 0.2) is 5.96 Å². The first-order chi connectivity index (χ1) is 8.62. The summed E-state index contributed by atoms with van der Waals surface area (Å²) in [5.74, 6) is 1.56. The van der Waals surface area contributed by atoms with Crippen molar-refractivity contribution in [3.8, 4) is 0 Å². The third-order valence-corrected chi connectivity index (χ3v) is 4.94. The van der Waals surface area contributed by atoms with Gasteiger partial charge in [-0.25, -0.2) is 0 Å². The maximum absolute atomic E-state index is 6.14. The van der Waals surface area contributed by atoms with Gasteiger partial charge >= 0.3 is 0 Å². The minimum atomic E-state index is 0.219. The van der Waals surface area contributed by atoms with E-state index in [4.69, 9.17) is 5.73 Å². The lowest BCUT2D eigenvalue weighted by Crippen LogP contribution is -2.68. The molecule has 4 aliphatic rings. The molecule has 4 aliphatic heterocycles. The molecule has 0 radical (unpaired) electrons. The molecule has 4 heterocycles. The second-order valence-corrected chi connectivity index (χ2v) is 6.28. The molecule has 0 amide bonds. The molecule has 1 spiro atoms. The van der Waals surface area contributed by atoms with Crippen LogP contribution in [0.3, 0.4) is 0 Å². The summed E-state index contributed by atoms with van der Waals surface area (Å²) >= 11 is 0. The Balaban J connectivity index is 1.78. The monoisotopic (exact) mass is 251 g/mol. The fraction of sp³-hybridized carbons (Fsp3) is 0.923. The Kier molecular flexibility index (Phi) is 2.98. The highest BCUT2D eigenvalue weighted by molar-refractivity contribution is 5.81. The van der Waals surface area contributed by atoms with Crippen molar-refractivity contribution in [1.29, 1.82) is 0 Å². The van der Waals surface area contributed by atoms with E-state index in [2.05, 4.69) is 33.8 Å². The van der Waals surface area contributed by atoms with Crippen LogP contribution in [0.25, 0.3) is 0 Å². The van der Waals surface area contributed by atoms with Crippen LogP contribution >= 0.6 is 0 Å². The number of fused-ring (bicyclic) bond motifs is 2. The van der Waals surface area contributed by atoms with Crippen molar-refractivity contribution in [1.82, 2.24) is 14.7 Å². The van der Waals surface area contributed by atoms with Crippen molar-refractivity contribution in [2.24, 2.45) is 16.6 Å². The first-order valence-electron chi connectivity index (χ1n) is 7.06. The van der Waals surface area contributed by atoms with Gasteiger partial charge in [0.1, 0.15) is 0 Å². The van der Waals surface area contributed by atoms with Crippen molar-refractivity contribution in [3.63, 3.8) is 0 Å². The second-order valence-electron chi connectivity index (χ2n) is 6.28. The molecule has 0 aromatic rings. The predicted octanol–water partition coefficient (Wildman–Crippen LogP) is -0.357. The van der Waals surface area contributed by atoms with Gasteiger partial charge in [-0.15, -0.1) is 0 Å². The van der Waals surface area contributed by atoms with Crippen LogP contribution in [0, 0.1) is 5.92 Å². The third kappa shape index (κ3) is 1.80. The Morgan fingerprint density at radius 3 is 2.67 bits per heavy atom. The van der Waals surface area contributed by atoms with Crippen molar-refractivity contribution >= 4 is 5.96 Å². The zero-order chi connectivity index (χ0) is 12.8. The molecule has 0 aromatic heterocycles. The SMILES string of the molecule is CN(C)CCN1C(N)=NCC12CN1CCC2CC1. The highest BCUT2D eigenvalue weighted by Gasteiger charge is 2.53. The highest BCUT2D eigenvalue weighted by atomic mass is 15.4. The molecule has 1 atom stereocenters. The van der Waals surface area contributed by atoms with Gasteiger partial charge in [-0.1, -0.05) is 0 Å². The molecule has 0 aliphatic carbocycles. The van der Waals surface area contributed by atoms with E-state index < -0.39 is 0 Å². The number of hydrogen-bond donors (Lipinski definition) is 1. The normalized spacial score (nSPS) is 38.8. The van der Waals surface area contributed by atoms with E-state index in [9.17, 15) is 0 Å². The quantitative estimate of drug-likeness (QED) is 0.744. The van der Waals surface area contributed by atoms with Gasteiger partial charge < -0.3 is 20.4 Å². The number of hydrogen-bond acceptors (Lipinski definition) is 5. The average molecular weight is 251 g/mol. The number of piperidine rings is 3. The van der Waals surface area contributed by atoms with Gasteiger partial charge in [0, 0.05) is 19.6 Å². The van der Waals surface area contributed by atoms with Crippen LogP contribution < -0.4 is 5.73 Å². The van der Waals surface area contributed by atoms with Gasteiger partial charge in [0.25, 0.3) is 0 Å². The lowest BCUT2D eigenvalue weighted by atomic mass is 9.72. The summed E-state index contributed by atoms with van der Waals surface area (Å²) in [6, 6.07) is 0. The maximum atomic E-state index is 6.14. The van der Waals surface area contributed by atoms with E-state index >= 15 is 0 Å². The number of guanidine groups is 1. The molecule has 2 bridgehead atoms. The molecule has 3 saturated heterocycles. The fourth-order valence-electron chi connectivity index (χ4n) is 3.88. The summed E-state index contributed by atoms with van der Waals surface area (Å²) in [6.07, 6.45) is 2.64. The Hall–Kier alpha value is -0.810. The lowest BCUT2D eigenvalue weighted by Gasteiger charge is -2.55. The van der Waals surface area contributed by atoms with E-state index in [0.29, 0.717) is 0 Å². The first kappa shape index (κ1) is 12.2. The van der Waals surface area contributed by atoms with E-state index in [0.717, 1.165) is 38.1 Å². The predicted molar refractivity (Wildman–Crippen MR) is 73.6 cm³/mol. The van der Waals surface area contributed by atoms with E-state index in [1.165, 1.54) is 25.9 Å². The number of aliphatic imine (C=N–C) groups is 1. The van der Waals surface area contributed by atoms with Crippen LogP contribution in [0.4, 0.5) is 0 Å². The Morgan fingerprint density at radius 1 is 1.39 bits per heavy atom. The molecule has 1 unspecified atom stereocenters. The average Bonchev–Trinajstić information content (AvgIpc) is 2.65. The van der Waals surface area contributed by atoms with Gasteiger partial charge in [-0.2, -0.15) is 0 Å². The van der Waals surface area contributed by atoms with Crippen LogP contribution in [0.5, 0.6) is 0 Å². The number of nitrogens with two attached hydrogens (primary N) is 1. The van der Waals surface area contributed by atoms with Crippen molar-refractivity contribution in [3.05, 3.63) is 0 Å². The number of nitrogens with zero attached hydrogens (tertiary/aromatic N) is 4. The van der Waals surface area contributed by atoms with Crippen LogP contribution in [0.1, 0.15) is 12.8 Å². The van der Waals surface area contributed by atoms with Crippen molar-refractivity contribution in [2.75, 3.05) is 53.4 Å². The summed E-state index contributed by atoms with van der Waals surface area (Å²) < 4.78 is 0. The molecule has 5 heteroatoms. The fourth-order valence-corrected chi connectivity index (χ4v) is 3.88. The summed E-state index contributed by atoms with van der Waals surface area (Å²) in [4.78, 5) is 11.8. The van der Waals surface area contributed by atoms with E-state index in [-0.39, 0.29) is 5.54 Å². The zero-order valence-electron chi connectivity index (χ0n) is 11.6. The molecule has 102 valence electrons. The summed E-state index contributed by atoms with van der Waals surface area (Å²) in [5.41, 5.74) is 6.36. The summed E-state index contributed by atoms with van der Waals surface area (Å²) in [7, 11) is 4.24. The molecule has 2 N–H and O–H groups in total. The molecule has 0 aromatic carbocycles. The van der Waals surface area contributed by atoms with E-state index in [1.54, 1.807) is 0 Å². The number of likely N-dealkylation sites (N-methyl/N-ethyl adjacent to an activating group) is 1. The Labute approximate surface area is 110 Å². The minimum Gasteiger partial charge on any atom is -0.370 e. The standard InChI is InChI=1S/C13H25N5/c1-16(2)7-8-18-12(14)15-9-13(18)10-17-5-3-11(13)4-6-17/h11H,3-10H2,1-2H3,(H2,14,15). The first-order valence-corrected chi connectivity index (χ1v) is 7.06. The van der Waals surface area contributed by atoms with Gasteiger partial charge in [0.05, 0.1) is 12.1 Å². The minimum absolute atomic E-state index is 0.219. The van der Waals surface area contributed by atoms with Crippen LogP contribution in [0.15, 0.2) is 4.99 Å². The third-order valence-electron chi connectivity index (χ3n) is 4.94. The molecular formula is C13H25N5. The smallest absolute Gasteiger partial charge is 0.191 e. The molecule has 3 fully saturated rings. The van der Waals surface area contributed by atoms with Crippen molar-refractivity contribution < 1.29 is 0 Å². The second kappa shape index (κ2) is 4.38. The highest BCUT2D eigenvalue weighted by Crippen LogP contribution is 2.41. The van der Waals surface area contributed by atoms with Crippen molar-refractivity contribution in [2.45, 2.75) is 18.4 Å². The van der Waals surface area contributed by atoms with Gasteiger partial charge in [0.2, 0.25) is 0 Å². The van der Waals surface area contributed by atoms with E-state index in [1.807, 2.05) is 0 Å². The number of rotatable bonds is 3. The summed E-state index contributed by atoms with van der Waals surface area (Å²) in [5, 5.41) is 0. The summed E-state index contributed by atoms with van der Waals surface area (Å²) in [6.45, 7) is 6.67. The zero-order valence-corrected chi connectivity index (χ0v) is 11.6. The largest absolute Gasteiger partial charge is 0.370 e. The molecule has 5 nitrogen and oxygen atoms in total. The van der Waals surface area contributed by atoms with Gasteiger partial charge in [-0.3, -0.25) is 4.99 Å². The van der Waals surface area contributed by atoms with Gasteiger partial charge in [-0.05, 0) is 45.9 Å². The van der Waals surface area contributed by atoms with Crippen LogP contribution in [-0.4, -0.2) is 79.6 Å². The Morgan fingerprint density at radius 2 is 2.11 bits per heavy atom.